The van der Waals surface area contributed by atoms with E-state index in [1.54, 1.807) is 0 Å². The Morgan fingerprint density at radius 2 is 1.00 bits per heavy atom. The smallest absolute Gasteiger partial charge is 2.00 e. The zero-order valence-electron chi connectivity index (χ0n) is 2.99. The van der Waals surface area contributed by atoms with Crippen molar-refractivity contribution >= 4 is 17.4 Å². The van der Waals surface area contributed by atoms with E-state index in [2.05, 4.69) is 0 Å². The van der Waals surface area contributed by atoms with E-state index < -0.39 is 0 Å². The van der Waals surface area contributed by atoms with Crippen LogP contribution in [0.3, 0.4) is 0 Å². The van der Waals surface area contributed by atoms with Crippen molar-refractivity contribution in [2.24, 2.45) is 0 Å². The van der Waals surface area contributed by atoms with Gasteiger partial charge in [-0.25, -0.2) is 0 Å². The van der Waals surface area contributed by atoms with Crippen molar-refractivity contribution in [3.63, 3.8) is 0 Å². The average Bonchev–Trinajstić information content (AvgIpc) is 0. The third-order valence-electron chi connectivity index (χ3n) is 0. The molecular weight excluding hydrogens is 72.9 g/mol. The van der Waals surface area contributed by atoms with Gasteiger partial charge >= 0.3 is 65.8 Å². The summed E-state index contributed by atoms with van der Waals surface area (Å²) in [4.78, 5) is 0. The van der Waals surface area contributed by atoms with Gasteiger partial charge in [0.15, 0.2) is 0 Å². The third-order valence-corrected chi connectivity index (χ3v) is 0. The predicted molar refractivity (Wildman–Crippen MR) is 6.44 cm³/mol. The monoisotopic (exact) mass is 73.0 g/mol. The summed E-state index contributed by atoms with van der Waals surface area (Å²) in [6, 6.07) is 0. The summed E-state index contributed by atoms with van der Waals surface area (Å²) in [5, 5.41) is 0. The van der Waals surface area contributed by atoms with Crippen LogP contribution in [-0.2, 0) is 5.48 Å². The zero-order chi connectivity index (χ0) is 0. The molecule has 1 nitrogen and oxygen atoms in total. The SMILES string of the molecule is [Al+3].[Li+].[Na+].[O-2]. The topological polar surface area (TPSA) is 28.5 Å². The first-order chi connectivity index (χ1) is 0. The van der Waals surface area contributed by atoms with Gasteiger partial charge in [-0.1, -0.05) is 0 Å². The van der Waals surface area contributed by atoms with Crippen LogP contribution < -0.4 is 48.4 Å². The van der Waals surface area contributed by atoms with Gasteiger partial charge in [0, 0.05) is 0 Å². The standard InChI is InChI=1S/Al.Li.Na.O/q+3;2*+1;-2. The van der Waals surface area contributed by atoms with E-state index in [1.807, 2.05) is 0 Å². The summed E-state index contributed by atoms with van der Waals surface area (Å²) in [6.07, 6.45) is 0. The van der Waals surface area contributed by atoms with Crippen LogP contribution in [0.25, 0.3) is 0 Å². The Hall–Kier alpha value is 2.09. The van der Waals surface area contributed by atoms with Crippen molar-refractivity contribution < 1.29 is 53.9 Å². The summed E-state index contributed by atoms with van der Waals surface area (Å²) in [5.41, 5.74) is 0. The zero-order valence-corrected chi connectivity index (χ0v) is 6.14. The molecular formula is AlLiNaO+3. The van der Waals surface area contributed by atoms with Gasteiger partial charge in [-0.05, 0) is 0 Å². The molecule has 0 amide bonds. The minimum atomic E-state index is 0. The van der Waals surface area contributed by atoms with Gasteiger partial charge in [0.2, 0.25) is 0 Å². The van der Waals surface area contributed by atoms with E-state index in [9.17, 15) is 0 Å². The third kappa shape index (κ3) is 8.94. The van der Waals surface area contributed by atoms with Crippen molar-refractivity contribution in [2.45, 2.75) is 0 Å². The van der Waals surface area contributed by atoms with E-state index in [1.165, 1.54) is 0 Å². The van der Waals surface area contributed by atoms with E-state index in [0.717, 1.165) is 0 Å². The summed E-state index contributed by atoms with van der Waals surface area (Å²) < 4.78 is 0. The molecule has 0 atom stereocenters. The Bertz CT molecular complexity index is 8.00. The van der Waals surface area contributed by atoms with Crippen LogP contribution in [0.5, 0.6) is 0 Å². The van der Waals surface area contributed by atoms with Gasteiger partial charge in [-0.3, -0.25) is 0 Å². The van der Waals surface area contributed by atoms with Gasteiger partial charge < -0.3 is 5.48 Å². The van der Waals surface area contributed by atoms with E-state index in [4.69, 9.17) is 0 Å². The average molecular weight is 72.9 g/mol. The second-order valence-corrected chi connectivity index (χ2v) is 0. The molecule has 0 aromatic heterocycles. The maximum absolute atomic E-state index is 0. The fourth-order valence-corrected chi connectivity index (χ4v) is 0. The second kappa shape index (κ2) is 19.5. The Kier molecular flexibility index (Phi) is 176. The first-order valence-electron chi connectivity index (χ1n) is 0. The normalized spacial score (nSPS) is 0. The van der Waals surface area contributed by atoms with Crippen molar-refractivity contribution in [3.05, 3.63) is 0 Å². The molecule has 0 spiro atoms. The molecule has 8 valence electrons. The molecule has 0 radical (unpaired) electrons. The molecule has 0 aliphatic carbocycles. The van der Waals surface area contributed by atoms with Crippen molar-refractivity contribution in [1.82, 2.24) is 0 Å². The Morgan fingerprint density at radius 1 is 1.00 bits per heavy atom. The van der Waals surface area contributed by atoms with Gasteiger partial charge in [0.25, 0.3) is 0 Å². The fraction of sp³-hybridized carbons (Fsp3) is 0. The second-order valence-electron chi connectivity index (χ2n) is 0. The van der Waals surface area contributed by atoms with Gasteiger partial charge in [0.1, 0.15) is 0 Å². The summed E-state index contributed by atoms with van der Waals surface area (Å²) >= 11 is 0. The summed E-state index contributed by atoms with van der Waals surface area (Å²) in [6.45, 7) is 0. The van der Waals surface area contributed by atoms with E-state index >= 15 is 0 Å². The van der Waals surface area contributed by atoms with E-state index in [-0.39, 0.29) is 71.3 Å². The molecule has 0 aromatic rings. The van der Waals surface area contributed by atoms with Gasteiger partial charge in [0.05, 0.1) is 0 Å². The van der Waals surface area contributed by atoms with Crippen molar-refractivity contribution in [1.29, 1.82) is 0 Å². The molecule has 0 N–H and O–H groups in total. The van der Waals surface area contributed by atoms with Gasteiger partial charge in [-0.15, -0.1) is 0 Å². The van der Waals surface area contributed by atoms with E-state index in [0.29, 0.717) is 0 Å². The summed E-state index contributed by atoms with van der Waals surface area (Å²) in [5.74, 6) is 0. The number of rotatable bonds is 0. The minimum absolute atomic E-state index is 0. The number of hydrogen-bond donors (Lipinski definition) is 0. The Balaban J connectivity index is 0. The molecule has 0 saturated carbocycles. The molecule has 0 bridgehead atoms. The van der Waals surface area contributed by atoms with Crippen LogP contribution in [0.2, 0.25) is 0 Å². The minimum Gasteiger partial charge on any atom is -2.00 e. The Labute approximate surface area is 70.4 Å². The molecule has 0 aliphatic heterocycles. The first-order valence-corrected chi connectivity index (χ1v) is 0. The molecule has 0 unspecified atom stereocenters. The maximum Gasteiger partial charge on any atom is 3.00 e. The predicted octanol–water partition coefficient (Wildman–Crippen LogP) is -6.49. The molecule has 0 rings (SSSR count). The van der Waals surface area contributed by atoms with Gasteiger partial charge in [-0.2, -0.15) is 0 Å². The van der Waals surface area contributed by atoms with Crippen LogP contribution in [-0.4, -0.2) is 17.4 Å². The first kappa shape index (κ1) is 36.1. The van der Waals surface area contributed by atoms with Crippen molar-refractivity contribution in [2.75, 3.05) is 0 Å². The van der Waals surface area contributed by atoms with Crippen LogP contribution in [0, 0.1) is 0 Å². The molecule has 0 heterocycles. The number of hydrogen-bond acceptors (Lipinski definition) is 0. The largest absolute Gasteiger partial charge is 3.00 e. The van der Waals surface area contributed by atoms with Crippen LogP contribution in [0.15, 0.2) is 0 Å². The maximum atomic E-state index is 0. The van der Waals surface area contributed by atoms with Crippen molar-refractivity contribution in [3.8, 4) is 0 Å². The molecule has 4 heavy (non-hydrogen) atoms. The molecule has 0 fully saturated rings. The van der Waals surface area contributed by atoms with Crippen LogP contribution >= 0.6 is 0 Å². The Morgan fingerprint density at radius 3 is 1.00 bits per heavy atom. The van der Waals surface area contributed by atoms with Crippen LogP contribution in [0.1, 0.15) is 0 Å². The molecule has 0 saturated heterocycles. The quantitative estimate of drug-likeness (QED) is 0.255. The molecule has 0 aliphatic rings. The van der Waals surface area contributed by atoms with Crippen LogP contribution in [0.4, 0.5) is 0 Å². The molecule has 0 aromatic carbocycles. The fourth-order valence-electron chi connectivity index (χ4n) is 0. The summed E-state index contributed by atoms with van der Waals surface area (Å²) in [7, 11) is 0. The molecule has 4 heteroatoms.